The fourth-order valence-electron chi connectivity index (χ4n) is 2.66. The molecule has 0 aliphatic rings. The zero-order valence-corrected chi connectivity index (χ0v) is 20.5. The van der Waals surface area contributed by atoms with Gasteiger partial charge < -0.3 is 30.9 Å². The van der Waals surface area contributed by atoms with Crippen LogP contribution in [0.25, 0.3) is 0 Å². The van der Waals surface area contributed by atoms with Crippen molar-refractivity contribution in [2.75, 3.05) is 46.1 Å². The van der Waals surface area contributed by atoms with E-state index in [0.717, 1.165) is 36.3 Å². The lowest BCUT2D eigenvalue weighted by Gasteiger charge is -2.19. The SMILES string of the molecule is CCC/C=C(\CNC(=O)C(N)C(C)C)Nc1ccc(COC(=O)N(C)CCN(C)C)cc1. The lowest BCUT2D eigenvalue weighted by molar-refractivity contribution is -0.123. The summed E-state index contributed by atoms with van der Waals surface area (Å²) in [5.41, 5.74) is 8.63. The first-order valence-corrected chi connectivity index (χ1v) is 11.2. The smallest absolute Gasteiger partial charge is 0.409 e. The molecule has 2 amide bonds. The van der Waals surface area contributed by atoms with Crippen LogP contribution in [0, 0.1) is 5.92 Å². The molecule has 0 saturated heterocycles. The summed E-state index contributed by atoms with van der Waals surface area (Å²) in [4.78, 5) is 27.8. The second-order valence-corrected chi connectivity index (χ2v) is 8.61. The molecule has 0 aliphatic heterocycles. The molecule has 180 valence electrons. The molecular weight excluding hydrogens is 406 g/mol. The summed E-state index contributed by atoms with van der Waals surface area (Å²) in [7, 11) is 5.66. The molecule has 0 heterocycles. The first-order chi connectivity index (χ1) is 15.1. The Labute approximate surface area is 193 Å². The topological polar surface area (TPSA) is 99.9 Å². The number of rotatable bonds is 13. The van der Waals surface area contributed by atoms with Gasteiger partial charge in [-0.05, 0) is 44.1 Å². The first kappa shape index (κ1) is 27.5. The molecule has 0 aliphatic carbocycles. The van der Waals surface area contributed by atoms with Crippen LogP contribution in [-0.2, 0) is 16.1 Å². The molecule has 4 N–H and O–H groups in total. The quantitative estimate of drug-likeness (QED) is 0.430. The van der Waals surface area contributed by atoms with Gasteiger partial charge in [0.1, 0.15) is 6.61 Å². The highest BCUT2D eigenvalue weighted by Gasteiger charge is 2.17. The van der Waals surface area contributed by atoms with Crippen LogP contribution < -0.4 is 16.4 Å². The number of likely N-dealkylation sites (N-methyl/N-ethyl adjacent to an activating group) is 2. The van der Waals surface area contributed by atoms with E-state index in [1.807, 2.05) is 57.1 Å². The van der Waals surface area contributed by atoms with Gasteiger partial charge in [-0.3, -0.25) is 4.79 Å². The Balaban J connectivity index is 2.61. The summed E-state index contributed by atoms with van der Waals surface area (Å²) < 4.78 is 5.38. The summed E-state index contributed by atoms with van der Waals surface area (Å²) in [6.07, 6.45) is 3.66. The third kappa shape index (κ3) is 10.6. The number of ether oxygens (including phenoxy) is 1. The van der Waals surface area contributed by atoms with Gasteiger partial charge >= 0.3 is 6.09 Å². The molecule has 8 nitrogen and oxygen atoms in total. The number of amides is 2. The summed E-state index contributed by atoms with van der Waals surface area (Å²) in [6.45, 7) is 7.96. The molecule has 0 aromatic heterocycles. The van der Waals surface area contributed by atoms with Crippen molar-refractivity contribution in [2.24, 2.45) is 11.7 Å². The maximum Gasteiger partial charge on any atom is 0.409 e. The van der Waals surface area contributed by atoms with Crippen LogP contribution in [0.1, 0.15) is 39.2 Å². The number of anilines is 1. The van der Waals surface area contributed by atoms with Gasteiger partial charge in [0.25, 0.3) is 0 Å². The number of nitrogens with two attached hydrogens (primary N) is 1. The highest BCUT2D eigenvalue weighted by molar-refractivity contribution is 5.82. The standard InChI is InChI=1S/C24H41N5O3/c1-7-8-9-21(16-26-23(30)22(25)18(2)3)27-20-12-10-19(11-13-20)17-32-24(31)29(6)15-14-28(4)5/h9-13,18,22,27H,7-8,14-17,25H2,1-6H3,(H,26,30)/b21-9+. The predicted molar refractivity (Wildman–Crippen MR) is 130 cm³/mol. The Morgan fingerprint density at radius 1 is 1.12 bits per heavy atom. The van der Waals surface area contributed by atoms with E-state index in [9.17, 15) is 9.59 Å². The van der Waals surface area contributed by atoms with E-state index in [1.54, 1.807) is 11.9 Å². The molecule has 0 fully saturated rings. The Morgan fingerprint density at radius 2 is 1.78 bits per heavy atom. The number of nitrogens with zero attached hydrogens (tertiary/aromatic N) is 2. The highest BCUT2D eigenvalue weighted by atomic mass is 16.6. The van der Waals surface area contributed by atoms with Crippen molar-refractivity contribution < 1.29 is 14.3 Å². The second kappa shape index (κ2) is 14.5. The van der Waals surface area contributed by atoms with Crippen molar-refractivity contribution in [3.8, 4) is 0 Å². The van der Waals surface area contributed by atoms with Gasteiger partial charge in [0.2, 0.25) is 5.91 Å². The van der Waals surface area contributed by atoms with E-state index in [1.165, 1.54) is 0 Å². The normalized spacial score (nSPS) is 12.6. The molecule has 1 atom stereocenters. The highest BCUT2D eigenvalue weighted by Crippen LogP contribution is 2.14. The molecule has 8 heteroatoms. The van der Waals surface area contributed by atoms with Gasteiger partial charge in [-0.2, -0.15) is 0 Å². The zero-order chi connectivity index (χ0) is 24.1. The molecule has 0 radical (unpaired) electrons. The van der Waals surface area contributed by atoms with Crippen LogP contribution in [-0.4, -0.2) is 68.6 Å². The van der Waals surface area contributed by atoms with Crippen molar-refractivity contribution in [1.29, 1.82) is 0 Å². The number of unbranched alkanes of at least 4 members (excludes halogenated alkanes) is 1. The van der Waals surface area contributed by atoms with Crippen molar-refractivity contribution in [1.82, 2.24) is 15.1 Å². The van der Waals surface area contributed by atoms with Crippen molar-refractivity contribution in [3.05, 3.63) is 41.6 Å². The third-order valence-electron chi connectivity index (χ3n) is 4.97. The van der Waals surface area contributed by atoms with Crippen molar-refractivity contribution in [3.63, 3.8) is 0 Å². The van der Waals surface area contributed by atoms with Crippen molar-refractivity contribution >= 4 is 17.7 Å². The second-order valence-electron chi connectivity index (χ2n) is 8.61. The molecule has 0 bridgehead atoms. The van der Waals surface area contributed by atoms with Gasteiger partial charge in [0.05, 0.1) is 12.6 Å². The maximum atomic E-state index is 12.2. The molecule has 1 rings (SSSR count). The van der Waals surface area contributed by atoms with Gasteiger partial charge in [-0.1, -0.05) is 45.4 Å². The molecule has 1 aromatic rings. The minimum atomic E-state index is -0.522. The van der Waals surface area contributed by atoms with Gasteiger partial charge in [0, 0.05) is 31.5 Å². The number of carbonyl (C=O) groups is 2. The fourth-order valence-corrected chi connectivity index (χ4v) is 2.66. The van der Waals surface area contributed by atoms with Crippen LogP contribution in [0.15, 0.2) is 36.0 Å². The maximum absolute atomic E-state index is 12.2. The molecule has 0 saturated carbocycles. The Morgan fingerprint density at radius 3 is 2.34 bits per heavy atom. The van der Waals surface area contributed by atoms with Crippen LogP contribution in [0.2, 0.25) is 0 Å². The first-order valence-electron chi connectivity index (χ1n) is 11.2. The lowest BCUT2D eigenvalue weighted by Crippen LogP contribution is -2.44. The lowest BCUT2D eigenvalue weighted by atomic mass is 10.1. The number of hydrogen-bond donors (Lipinski definition) is 3. The molecule has 1 unspecified atom stereocenters. The van der Waals surface area contributed by atoms with Gasteiger partial charge in [0.15, 0.2) is 0 Å². The Hall–Kier alpha value is -2.58. The summed E-state index contributed by atoms with van der Waals surface area (Å²) in [5.74, 6) is -0.0719. The van der Waals surface area contributed by atoms with Crippen LogP contribution in [0.3, 0.4) is 0 Å². The summed E-state index contributed by atoms with van der Waals surface area (Å²) in [6, 6.07) is 7.17. The number of carbonyl (C=O) groups excluding carboxylic acids is 2. The van der Waals surface area contributed by atoms with Gasteiger partial charge in [-0.25, -0.2) is 4.79 Å². The van der Waals surface area contributed by atoms with Crippen LogP contribution in [0.5, 0.6) is 0 Å². The van der Waals surface area contributed by atoms with E-state index in [2.05, 4.69) is 23.6 Å². The largest absolute Gasteiger partial charge is 0.445 e. The number of hydrogen-bond acceptors (Lipinski definition) is 6. The van der Waals surface area contributed by atoms with E-state index >= 15 is 0 Å². The Bertz CT molecular complexity index is 732. The molecular formula is C24H41N5O3. The number of benzene rings is 1. The van der Waals surface area contributed by atoms with E-state index in [4.69, 9.17) is 10.5 Å². The minimum absolute atomic E-state index is 0.0837. The monoisotopic (exact) mass is 447 g/mol. The average Bonchev–Trinajstić information content (AvgIpc) is 2.77. The Kier molecular flexibility index (Phi) is 12.4. The van der Waals surface area contributed by atoms with Crippen LogP contribution in [0.4, 0.5) is 10.5 Å². The predicted octanol–water partition coefficient (Wildman–Crippen LogP) is 3.01. The van der Waals surface area contributed by atoms with Crippen molar-refractivity contribution in [2.45, 2.75) is 46.3 Å². The average molecular weight is 448 g/mol. The van der Waals surface area contributed by atoms with Gasteiger partial charge in [-0.15, -0.1) is 0 Å². The summed E-state index contributed by atoms with van der Waals surface area (Å²) >= 11 is 0. The molecule has 0 spiro atoms. The summed E-state index contributed by atoms with van der Waals surface area (Å²) in [5, 5.41) is 6.26. The molecule has 32 heavy (non-hydrogen) atoms. The van der Waals surface area contributed by atoms with E-state index in [0.29, 0.717) is 13.1 Å². The van der Waals surface area contributed by atoms with Crippen LogP contribution >= 0.6 is 0 Å². The molecule has 1 aromatic carbocycles. The van der Waals surface area contributed by atoms with E-state index < -0.39 is 6.04 Å². The minimum Gasteiger partial charge on any atom is -0.445 e. The number of allylic oxidation sites excluding steroid dienone is 1. The van der Waals surface area contributed by atoms with E-state index in [-0.39, 0.29) is 24.5 Å². The zero-order valence-electron chi connectivity index (χ0n) is 20.5. The number of nitrogens with one attached hydrogen (secondary N) is 2. The fraction of sp³-hybridized carbons (Fsp3) is 0.583. The third-order valence-corrected chi connectivity index (χ3v) is 4.97.